The van der Waals surface area contributed by atoms with E-state index >= 15 is 0 Å². The van der Waals surface area contributed by atoms with Crippen molar-refractivity contribution in [3.8, 4) is 23.3 Å². The lowest BCUT2D eigenvalue weighted by molar-refractivity contribution is 0.290. The molecule has 5 heteroatoms. The predicted octanol–water partition coefficient (Wildman–Crippen LogP) is 5.08. The van der Waals surface area contributed by atoms with E-state index in [1.165, 1.54) is 5.56 Å². The maximum absolute atomic E-state index is 10.3. The van der Waals surface area contributed by atoms with Gasteiger partial charge in [-0.1, -0.05) is 44.2 Å². The molecular formula is C26H36N2O3. The molecule has 2 aromatic carbocycles. The molecule has 0 heterocycles. The Bertz CT molecular complexity index is 836. The van der Waals surface area contributed by atoms with E-state index in [1.807, 2.05) is 18.2 Å². The van der Waals surface area contributed by atoms with Gasteiger partial charge in [0.1, 0.15) is 0 Å². The molecule has 168 valence electrons. The molecule has 0 aliphatic rings. The Morgan fingerprint density at radius 3 is 2.06 bits per heavy atom. The quantitative estimate of drug-likeness (QED) is 0.475. The Labute approximate surface area is 187 Å². The highest BCUT2D eigenvalue weighted by molar-refractivity contribution is 5.56. The van der Waals surface area contributed by atoms with Crippen LogP contribution in [0.4, 0.5) is 0 Å². The van der Waals surface area contributed by atoms with E-state index in [1.54, 1.807) is 21.3 Å². The van der Waals surface area contributed by atoms with Gasteiger partial charge < -0.3 is 19.1 Å². The summed E-state index contributed by atoms with van der Waals surface area (Å²) < 4.78 is 16.5. The zero-order chi connectivity index (χ0) is 22.9. The Balaban J connectivity index is 2.15. The van der Waals surface area contributed by atoms with Crippen LogP contribution in [0.1, 0.15) is 37.8 Å². The van der Waals surface area contributed by atoms with E-state index in [0.717, 1.165) is 37.9 Å². The van der Waals surface area contributed by atoms with Crippen LogP contribution in [0, 0.1) is 17.2 Å². The molecule has 0 unspecified atom stereocenters. The molecule has 0 radical (unpaired) electrons. The Morgan fingerprint density at radius 1 is 0.968 bits per heavy atom. The normalized spacial score (nSPS) is 13.0. The zero-order valence-electron chi connectivity index (χ0n) is 19.8. The third-order valence-electron chi connectivity index (χ3n) is 6.10. The summed E-state index contributed by atoms with van der Waals surface area (Å²) in [6.45, 7) is 6.14. The smallest absolute Gasteiger partial charge is 0.203 e. The van der Waals surface area contributed by atoms with Crippen molar-refractivity contribution in [1.82, 2.24) is 4.90 Å². The molecule has 0 saturated heterocycles. The highest BCUT2D eigenvalue weighted by atomic mass is 16.5. The number of hydrogen-bond donors (Lipinski definition) is 0. The second-order valence-corrected chi connectivity index (χ2v) is 8.29. The van der Waals surface area contributed by atoms with Crippen molar-refractivity contribution in [3.05, 3.63) is 53.6 Å². The fraction of sp³-hybridized carbons (Fsp3) is 0.500. The van der Waals surface area contributed by atoms with Crippen LogP contribution >= 0.6 is 0 Å². The lowest BCUT2D eigenvalue weighted by Gasteiger charge is -2.33. The standard InChI is InChI=1S/C26H36N2O3/c1-20(2)26(19-27,22-17-23(29-4)25(31-6)24(18-22)30-5)14-10-15-28(3)16-13-21-11-8-7-9-12-21/h7-9,11-12,17-18,20H,10,13-16H2,1-6H3/t26-/m0/s1. The fourth-order valence-electron chi connectivity index (χ4n) is 4.06. The average Bonchev–Trinajstić information content (AvgIpc) is 2.80. The lowest BCUT2D eigenvalue weighted by atomic mass is 9.69. The lowest BCUT2D eigenvalue weighted by Crippen LogP contribution is -2.32. The molecular weight excluding hydrogens is 388 g/mol. The molecule has 0 aliphatic carbocycles. The van der Waals surface area contributed by atoms with Crippen molar-refractivity contribution in [2.24, 2.45) is 5.92 Å². The molecule has 5 nitrogen and oxygen atoms in total. The Morgan fingerprint density at radius 2 is 1.58 bits per heavy atom. The van der Waals surface area contributed by atoms with Crippen molar-refractivity contribution in [2.45, 2.75) is 38.5 Å². The zero-order valence-corrected chi connectivity index (χ0v) is 19.8. The molecule has 0 spiro atoms. The van der Waals surface area contributed by atoms with Gasteiger partial charge in [-0.05, 0) is 62.0 Å². The van der Waals surface area contributed by atoms with E-state index in [4.69, 9.17) is 14.2 Å². The first-order valence-corrected chi connectivity index (χ1v) is 10.9. The molecule has 0 saturated carbocycles. The van der Waals surface area contributed by atoms with Crippen LogP contribution in [0.5, 0.6) is 17.2 Å². The van der Waals surface area contributed by atoms with Gasteiger partial charge in [0, 0.05) is 6.54 Å². The summed E-state index contributed by atoms with van der Waals surface area (Å²) in [5.41, 5.74) is 1.62. The molecule has 0 amide bonds. The fourth-order valence-corrected chi connectivity index (χ4v) is 4.06. The van der Waals surface area contributed by atoms with Crippen LogP contribution in [0.15, 0.2) is 42.5 Å². The number of rotatable bonds is 12. The third-order valence-corrected chi connectivity index (χ3v) is 6.10. The van der Waals surface area contributed by atoms with Gasteiger partial charge in [-0.15, -0.1) is 0 Å². The summed E-state index contributed by atoms with van der Waals surface area (Å²) in [6, 6.07) is 17.0. The number of likely N-dealkylation sites (N-methyl/N-ethyl adjacent to an activating group) is 1. The van der Waals surface area contributed by atoms with Gasteiger partial charge in [0.05, 0.1) is 32.8 Å². The van der Waals surface area contributed by atoms with Crippen LogP contribution < -0.4 is 14.2 Å². The first kappa shape index (κ1) is 24.6. The van der Waals surface area contributed by atoms with E-state index in [9.17, 15) is 5.26 Å². The summed E-state index contributed by atoms with van der Waals surface area (Å²) in [5.74, 6) is 1.84. The number of nitriles is 1. The number of benzene rings is 2. The number of hydrogen-bond acceptors (Lipinski definition) is 5. The maximum Gasteiger partial charge on any atom is 0.203 e. The number of methoxy groups -OCH3 is 3. The molecule has 0 aliphatic heterocycles. The number of ether oxygens (including phenoxy) is 3. The van der Waals surface area contributed by atoms with Crippen molar-refractivity contribution in [1.29, 1.82) is 5.26 Å². The summed E-state index contributed by atoms with van der Waals surface area (Å²) in [7, 11) is 6.94. The highest BCUT2D eigenvalue weighted by Crippen LogP contribution is 2.45. The van der Waals surface area contributed by atoms with Crippen molar-refractivity contribution >= 4 is 0 Å². The molecule has 2 aromatic rings. The Kier molecular flexibility index (Phi) is 9.21. The van der Waals surface area contributed by atoms with Crippen LogP contribution in [0.3, 0.4) is 0 Å². The van der Waals surface area contributed by atoms with Gasteiger partial charge in [0.15, 0.2) is 11.5 Å². The van der Waals surface area contributed by atoms with Gasteiger partial charge in [-0.2, -0.15) is 5.26 Å². The van der Waals surface area contributed by atoms with Gasteiger partial charge >= 0.3 is 0 Å². The van der Waals surface area contributed by atoms with Crippen molar-refractivity contribution in [3.63, 3.8) is 0 Å². The van der Waals surface area contributed by atoms with E-state index in [0.29, 0.717) is 17.2 Å². The van der Waals surface area contributed by atoms with Crippen molar-refractivity contribution in [2.75, 3.05) is 41.5 Å². The molecule has 0 N–H and O–H groups in total. The number of nitrogens with zero attached hydrogens (tertiary/aromatic N) is 2. The first-order valence-electron chi connectivity index (χ1n) is 10.9. The van der Waals surface area contributed by atoms with E-state index in [2.05, 4.69) is 56.1 Å². The largest absolute Gasteiger partial charge is 0.493 e. The maximum atomic E-state index is 10.3. The SMILES string of the molecule is COc1cc([C@](C#N)(CCCN(C)CCc2ccccc2)C(C)C)cc(OC)c1OC. The minimum atomic E-state index is -0.632. The summed E-state index contributed by atoms with van der Waals surface area (Å²) in [6.07, 6.45) is 2.71. The van der Waals surface area contributed by atoms with Crippen LogP contribution in [0.25, 0.3) is 0 Å². The van der Waals surface area contributed by atoms with E-state index < -0.39 is 5.41 Å². The minimum absolute atomic E-state index is 0.134. The van der Waals surface area contributed by atoms with E-state index in [-0.39, 0.29) is 5.92 Å². The summed E-state index contributed by atoms with van der Waals surface area (Å²) >= 11 is 0. The summed E-state index contributed by atoms with van der Waals surface area (Å²) in [4.78, 5) is 2.34. The predicted molar refractivity (Wildman–Crippen MR) is 125 cm³/mol. The molecule has 0 bridgehead atoms. The molecule has 0 aromatic heterocycles. The monoisotopic (exact) mass is 424 g/mol. The van der Waals surface area contributed by atoms with Gasteiger partial charge in [0.2, 0.25) is 5.75 Å². The van der Waals surface area contributed by atoms with Crippen LogP contribution in [0.2, 0.25) is 0 Å². The van der Waals surface area contributed by atoms with Crippen LogP contribution in [-0.4, -0.2) is 46.4 Å². The second-order valence-electron chi connectivity index (χ2n) is 8.29. The first-order chi connectivity index (χ1) is 14.9. The topological polar surface area (TPSA) is 54.7 Å². The van der Waals surface area contributed by atoms with Gasteiger partial charge in [-0.25, -0.2) is 0 Å². The van der Waals surface area contributed by atoms with Crippen LogP contribution in [-0.2, 0) is 11.8 Å². The molecule has 0 fully saturated rings. The Hall–Kier alpha value is -2.71. The molecule has 31 heavy (non-hydrogen) atoms. The van der Waals surface area contributed by atoms with Gasteiger partial charge in [0.25, 0.3) is 0 Å². The molecule has 1 atom stereocenters. The summed E-state index contributed by atoms with van der Waals surface area (Å²) in [5, 5.41) is 10.3. The average molecular weight is 425 g/mol. The van der Waals surface area contributed by atoms with Gasteiger partial charge in [-0.3, -0.25) is 0 Å². The highest BCUT2D eigenvalue weighted by Gasteiger charge is 2.37. The third kappa shape index (κ3) is 5.92. The minimum Gasteiger partial charge on any atom is -0.493 e. The van der Waals surface area contributed by atoms with Crippen molar-refractivity contribution < 1.29 is 14.2 Å². The molecule has 2 rings (SSSR count). The second kappa shape index (κ2) is 11.6.